The lowest BCUT2D eigenvalue weighted by Gasteiger charge is -2.06. The zero-order chi connectivity index (χ0) is 10.4. The minimum Gasteiger partial charge on any atom is -0.483 e. The van der Waals surface area contributed by atoms with E-state index in [-0.39, 0.29) is 12.6 Å². The van der Waals surface area contributed by atoms with Crippen LogP contribution < -0.4 is 6.15 Å². The molecular formula is C11H19NO2. The van der Waals surface area contributed by atoms with Gasteiger partial charge in [-0.05, 0) is 49.9 Å². The molecule has 80 valence electrons. The van der Waals surface area contributed by atoms with Crippen molar-refractivity contribution in [1.82, 2.24) is 6.15 Å². The van der Waals surface area contributed by atoms with Gasteiger partial charge in [-0.15, -0.1) is 0 Å². The highest BCUT2D eigenvalue weighted by molar-refractivity contribution is 5.37. The Morgan fingerprint density at radius 1 is 1.00 bits per heavy atom. The van der Waals surface area contributed by atoms with Gasteiger partial charge >= 0.3 is 0 Å². The molecule has 14 heavy (non-hydrogen) atoms. The average molecular weight is 197 g/mol. The molecule has 0 aliphatic carbocycles. The minimum absolute atomic E-state index is 0. The predicted octanol–water partition coefficient (Wildman–Crippen LogP) is 2.78. The molecule has 0 heterocycles. The van der Waals surface area contributed by atoms with Gasteiger partial charge in [0.1, 0.15) is 0 Å². The molecular weight excluding hydrogens is 178 g/mol. The Hall–Kier alpha value is -1.35. The van der Waals surface area contributed by atoms with Crippen LogP contribution in [0.4, 0.5) is 0 Å². The van der Waals surface area contributed by atoms with Gasteiger partial charge in [-0.3, -0.25) is 4.79 Å². The van der Waals surface area contributed by atoms with Crippen molar-refractivity contribution in [3.8, 4) is 0 Å². The van der Waals surface area contributed by atoms with Gasteiger partial charge in [0.05, 0.1) is 0 Å². The van der Waals surface area contributed by atoms with Crippen molar-refractivity contribution in [2.45, 2.75) is 27.7 Å². The number of carboxylic acid groups (broad SMARTS) is 1. The molecule has 0 spiro atoms. The zero-order valence-corrected chi connectivity index (χ0v) is 9.29. The zero-order valence-electron chi connectivity index (χ0n) is 9.29. The Morgan fingerprint density at radius 2 is 1.21 bits per heavy atom. The molecule has 0 saturated carbocycles. The molecule has 0 aromatic heterocycles. The van der Waals surface area contributed by atoms with Gasteiger partial charge in [-0.25, -0.2) is 0 Å². The van der Waals surface area contributed by atoms with E-state index in [2.05, 4.69) is 39.8 Å². The third-order valence-corrected chi connectivity index (χ3v) is 2.33. The lowest BCUT2D eigenvalue weighted by atomic mass is 10.0. The molecule has 0 fully saturated rings. The van der Waals surface area contributed by atoms with E-state index < -0.39 is 0 Å². The second kappa shape index (κ2) is 7.09. The summed E-state index contributed by atoms with van der Waals surface area (Å²) >= 11 is 0. The van der Waals surface area contributed by atoms with Crippen LogP contribution in [0.2, 0.25) is 0 Å². The lowest BCUT2D eigenvalue weighted by Crippen LogP contribution is -1.88. The smallest absolute Gasteiger partial charge is 0.290 e. The Kier molecular flexibility index (Phi) is 7.67. The molecule has 0 amide bonds. The first kappa shape index (κ1) is 15.1. The molecule has 0 bridgehead atoms. The normalized spacial score (nSPS) is 8.00. The van der Waals surface area contributed by atoms with Gasteiger partial charge in [0.2, 0.25) is 0 Å². The fraction of sp³-hybridized carbons (Fsp3) is 0.364. The maximum absolute atomic E-state index is 8.36. The van der Waals surface area contributed by atoms with Crippen molar-refractivity contribution < 1.29 is 9.90 Å². The molecule has 0 saturated heterocycles. The number of rotatable bonds is 0. The Morgan fingerprint density at radius 3 is 1.43 bits per heavy atom. The van der Waals surface area contributed by atoms with Crippen LogP contribution in [0.1, 0.15) is 22.3 Å². The summed E-state index contributed by atoms with van der Waals surface area (Å²) in [6.45, 7) is 8.42. The van der Waals surface area contributed by atoms with Crippen LogP contribution in [0.5, 0.6) is 0 Å². The van der Waals surface area contributed by atoms with Crippen LogP contribution in [-0.2, 0) is 4.79 Å². The van der Waals surface area contributed by atoms with Crippen LogP contribution in [-0.4, -0.2) is 11.6 Å². The SMILES string of the molecule is Cc1ccc(C)c(C)c1C.N.O=CO. The molecule has 0 aliphatic rings. The molecule has 0 atom stereocenters. The van der Waals surface area contributed by atoms with Crippen molar-refractivity contribution in [3.05, 3.63) is 34.4 Å². The van der Waals surface area contributed by atoms with Crippen LogP contribution in [0, 0.1) is 27.7 Å². The molecule has 3 heteroatoms. The summed E-state index contributed by atoms with van der Waals surface area (Å²) in [4.78, 5) is 8.36. The van der Waals surface area contributed by atoms with Crippen molar-refractivity contribution in [3.63, 3.8) is 0 Å². The Labute approximate surface area is 85.4 Å². The summed E-state index contributed by atoms with van der Waals surface area (Å²) in [5.41, 5.74) is 5.64. The van der Waals surface area contributed by atoms with Gasteiger partial charge in [0.25, 0.3) is 6.47 Å². The van der Waals surface area contributed by atoms with E-state index in [1.165, 1.54) is 22.3 Å². The monoisotopic (exact) mass is 197 g/mol. The van der Waals surface area contributed by atoms with E-state index in [1.54, 1.807) is 0 Å². The largest absolute Gasteiger partial charge is 0.483 e. The van der Waals surface area contributed by atoms with E-state index in [0.717, 1.165) is 0 Å². The molecule has 3 nitrogen and oxygen atoms in total. The summed E-state index contributed by atoms with van der Waals surface area (Å²) in [6, 6.07) is 4.36. The first-order valence-electron chi connectivity index (χ1n) is 4.15. The van der Waals surface area contributed by atoms with E-state index in [9.17, 15) is 0 Å². The topological polar surface area (TPSA) is 72.3 Å². The standard InChI is InChI=1S/C10H14.CH2O2.H3N/c1-7-5-6-8(2)10(4)9(7)3;2-1-3;/h5-6H,1-4H3;1H,(H,2,3);1H3. The fourth-order valence-electron chi connectivity index (χ4n) is 1.09. The quantitative estimate of drug-likeness (QED) is 0.628. The van der Waals surface area contributed by atoms with Gasteiger partial charge in [-0.1, -0.05) is 12.1 Å². The molecule has 1 rings (SSSR count). The first-order chi connectivity index (χ1) is 6.04. The number of hydrogen-bond donors (Lipinski definition) is 2. The molecule has 0 radical (unpaired) electrons. The Bertz CT molecular complexity index is 269. The Balaban J connectivity index is 0. The summed E-state index contributed by atoms with van der Waals surface area (Å²) in [7, 11) is 0. The van der Waals surface area contributed by atoms with Crippen molar-refractivity contribution in [2.24, 2.45) is 0 Å². The highest BCUT2D eigenvalue weighted by Crippen LogP contribution is 2.15. The van der Waals surface area contributed by atoms with Crippen molar-refractivity contribution >= 4 is 6.47 Å². The minimum atomic E-state index is -0.250. The van der Waals surface area contributed by atoms with Crippen molar-refractivity contribution in [2.75, 3.05) is 0 Å². The van der Waals surface area contributed by atoms with Crippen LogP contribution in [0.3, 0.4) is 0 Å². The number of aryl methyl sites for hydroxylation is 2. The van der Waals surface area contributed by atoms with Gasteiger partial charge in [0.15, 0.2) is 0 Å². The van der Waals surface area contributed by atoms with E-state index >= 15 is 0 Å². The summed E-state index contributed by atoms with van der Waals surface area (Å²) < 4.78 is 0. The maximum atomic E-state index is 8.36. The summed E-state index contributed by atoms with van der Waals surface area (Å²) in [6.07, 6.45) is 0. The second-order valence-electron chi connectivity index (χ2n) is 3.05. The molecule has 0 aliphatic heterocycles. The molecule has 0 unspecified atom stereocenters. The fourth-order valence-corrected chi connectivity index (χ4v) is 1.09. The average Bonchev–Trinajstić information content (AvgIpc) is 2.10. The maximum Gasteiger partial charge on any atom is 0.290 e. The lowest BCUT2D eigenvalue weighted by molar-refractivity contribution is -0.122. The number of carbonyl (C=O) groups is 1. The van der Waals surface area contributed by atoms with E-state index in [0.29, 0.717) is 0 Å². The van der Waals surface area contributed by atoms with Crippen LogP contribution >= 0.6 is 0 Å². The highest BCUT2D eigenvalue weighted by atomic mass is 16.3. The van der Waals surface area contributed by atoms with Crippen molar-refractivity contribution in [1.29, 1.82) is 0 Å². The van der Waals surface area contributed by atoms with E-state index in [4.69, 9.17) is 9.90 Å². The van der Waals surface area contributed by atoms with Gasteiger partial charge < -0.3 is 11.3 Å². The van der Waals surface area contributed by atoms with Crippen LogP contribution in [0.15, 0.2) is 12.1 Å². The first-order valence-corrected chi connectivity index (χ1v) is 4.15. The second-order valence-corrected chi connectivity index (χ2v) is 3.05. The predicted molar refractivity (Wildman–Crippen MR) is 59.1 cm³/mol. The van der Waals surface area contributed by atoms with Gasteiger partial charge in [-0.2, -0.15) is 0 Å². The molecule has 1 aromatic carbocycles. The molecule has 1 aromatic rings. The number of hydrogen-bond acceptors (Lipinski definition) is 2. The van der Waals surface area contributed by atoms with Crippen LogP contribution in [0.25, 0.3) is 0 Å². The van der Waals surface area contributed by atoms with Gasteiger partial charge in [0, 0.05) is 0 Å². The van der Waals surface area contributed by atoms with E-state index in [1.807, 2.05) is 0 Å². The third-order valence-electron chi connectivity index (χ3n) is 2.33. The summed E-state index contributed by atoms with van der Waals surface area (Å²) in [5, 5.41) is 6.89. The highest BCUT2D eigenvalue weighted by Gasteiger charge is 1.97. The summed E-state index contributed by atoms with van der Waals surface area (Å²) in [5.74, 6) is 0. The third kappa shape index (κ3) is 4.05. The number of benzene rings is 1. The molecule has 4 N–H and O–H groups in total.